The zero-order valence-electron chi connectivity index (χ0n) is 15.5. The third-order valence-electron chi connectivity index (χ3n) is 5.30. The van der Waals surface area contributed by atoms with Gasteiger partial charge in [0.25, 0.3) is 0 Å². The van der Waals surface area contributed by atoms with Crippen molar-refractivity contribution >= 4 is 12.6 Å². The Balaban J connectivity index is 1.95. The van der Waals surface area contributed by atoms with Gasteiger partial charge in [-0.05, 0) is 53.7 Å². The Bertz CT molecular complexity index is 781. The number of benzene rings is 1. The summed E-state index contributed by atoms with van der Waals surface area (Å²) in [5.41, 5.74) is 1.39. The number of hydrogen-bond donors (Lipinski definition) is 0. The van der Waals surface area contributed by atoms with Crippen molar-refractivity contribution < 1.29 is 18.1 Å². The van der Waals surface area contributed by atoms with Crippen LogP contribution in [-0.4, -0.2) is 28.1 Å². The molecule has 1 aliphatic rings. The second-order valence-corrected chi connectivity index (χ2v) is 7.53. The number of aromatic nitrogens is 2. The van der Waals surface area contributed by atoms with Crippen molar-refractivity contribution in [3.05, 3.63) is 46.8 Å². The van der Waals surface area contributed by atoms with Crippen molar-refractivity contribution in [2.24, 2.45) is 0 Å². The lowest BCUT2D eigenvalue weighted by Crippen LogP contribution is -2.41. The molecule has 4 nitrogen and oxygen atoms in total. The number of nitrogens with zero attached hydrogens (tertiary/aromatic N) is 2. The minimum absolute atomic E-state index is 0.00596. The standard InChI is InChI=1S/C18H23BF2N2O2/c1-11-16(19-24-17(3,4)18(5,6)25-19)12(2)23(22-11)10-13-14(20)8-7-9-15(13)21/h7-9H,10H2,1-6H3. The molecule has 0 saturated carbocycles. The largest absolute Gasteiger partial charge is 0.498 e. The average Bonchev–Trinajstić information content (AvgIpc) is 2.87. The van der Waals surface area contributed by atoms with E-state index >= 15 is 0 Å². The highest BCUT2D eigenvalue weighted by Gasteiger charge is 2.53. The fourth-order valence-corrected chi connectivity index (χ4v) is 3.00. The lowest BCUT2D eigenvalue weighted by Gasteiger charge is -2.32. The monoisotopic (exact) mass is 348 g/mol. The summed E-state index contributed by atoms with van der Waals surface area (Å²) in [6.07, 6.45) is 0. The Hall–Kier alpha value is -1.73. The van der Waals surface area contributed by atoms with Gasteiger partial charge in [0.05, 0.1) is 23.4 Å². The Kier molecular flexibility index (Phi) is 4.28. The van der Waals surface area contributed by atoms with Crippen molar-refractivity contribution in [2.75, 3.05) is 0 Å². The van der Waals surface area contributed by atoms with Gasteiger partial charge in [-0.3, -0.25) is 4.68 Å². The van der Waals surface area contributed by atoms with Crippen LogP contribution in [0.3, 0.4) is 0 Å². The maximum absolute atomic E-state index is 13.9. The Morgan fingerprint density at radius 3 is 2.08 bits per heavy atom. The van der Waals surface area contributed by atoms with Gasteiger partial charge >= 0.3 is 7.12 Å². The second kappa shape index (κ2) is 5.92. The van der Waals surface area contributed by atoms with Crippen LogP contribution in [0, 0.1) is 25.5 Å². The predicted molar refractivity (Wildman–Crippen MR) is 92.9 cm³/mol. The van der Waals surface area contributed by atoms with Gasteiger partial charge in [0.1, 0.15) is 11.6 Å². The summed E-state index contributed by atoms with van der Waals surface area (Å²) in [5, 5.41) is 4.45. The molecular formula is C18H23BF2N2O2. The quantitative estimate of drug-likeness (QED) is 0.800. The predicted octanol–water partition coefficient (Wildman–Crippen LogP) is 3.13. The van der Waals surface area contributed by atoms with E-state index in [0.717, 1.165) is 16.9 Å². The maximum atomic E-state index is 13.9. The SMILES string of the molecule is Cc1nn(Cc2c(F)cccc2F)c(C)c1B1OC(C)(C)C(C)(C)O1. The highest BCUT2D eigenvalue weighted by atomic mass is 19.1. The molecule has 0 unspecified atom stereocenters. The van der Waals surface area contributed by atoms with E-state index in [2.05, 4.69) is 5.10 Å². The Labute approximate surface area is 147 Å². The minimum Gasteiger partial charge on any atom is -0.399 e. The Morgan fingerprint density at radius 1 is 1.04 bits per heavy atom. The normalized spacial score (nSPS) is 18.8. The van der Waals surface area contributed by atoms with Crippen LogP contribution in [0.5, 0.6) is 0 Å². The van der Waals surface area contributed by atoms with E-state index in [-0.39, 0.29) is 12.1 Å². The number of hydrogen-bond acceptors (Lipinski definition) is 3. The van der Waals surface area contributed by atoms with E-state index in [1.165, 1.54) is 18.2 Å². The summed E-state index contributed by atoms with van der Waals surface area (Å²) in [6.45, 7) is 11.7. The van der Waals surface area contributed by atoms with Gasteiger partial charge < -0.3 is 9.31 Å². The summed E-state index contributed by atoms with van der Waals surface area (Å²) in [6, 6.07) is 3.85. The zero-order valence-corrected chi connectivity index (χ0v) is 15.5. The number of halogens is 2. The van der Waals surface area contributed by atoms with Gasteiger partial charge in [-0.15, -0.1) is 0 Å². The lowest BCUT2D eigenvalue weighted by atomic mass is 9.77. The van der Waals surface area contributed by atoms with Crippen LogP contribution in [0.1, 0.15) is 44.6 Å². The van der Waals surface area contributed by atoms with E-state index in [1.807, 2.05) is 41.5 Å². The van der Waals surface area contributed by atoms with Crippen LogP contribution in [0.25, 0.3) is 0 Å². The van der Waals surface area contributed by atoms with Crippen LogP contribution < -0.4 is 5.46 Å². The third-order valence-corrected chi connectivity index (χ3v) is 5.30. The van der Waals surface area contributed by atoms with Crippen molar-refractivity contribution in [1.29, 1.82) is 0 Å². The summed E-state index contributed by atoms with van der Waals surface area (Å²) < 4.78 is 41.7. The van der Waals surface area contributed by atoms with Gasteiger partial charge in [0.2, 0.25) is 0 Å². The average molecular weight is 348 g/mol. The van der Waals surface area contributed by atoms with Crippen LogP contribution in [0.2, 0.25) is 0 Å². The van der Waals surface area contributed by atoms with Gasteiger partial charge in [0, 0.05) is 16.7 Å². The van der Waals surface area contributed by atoms with Crippen molar-refractivity contribution in [3.8, 4) is 0 Å². The molecule has 7 heteroatoms. The van der Waals surface area contributed by atoms with Gasteiger partial charge in [0.15, 0.2) is 0 Å². The molecule has 0 aliphatic carbocycles. The molecule has 0 atom stereocenters. The van der Waals surface area contributed by atoms with E-state index in [4.69, 9.17) is 9.31 Å². The van der Waals surface area contributed by atoms with Gasteiger partial charge in [-0.25, -0.2) is 8.78 Å². The first-order valence-electron chi connectivity index (χ1n) is 8.36. The molecule has 3 rings (SSSR count). The highest BCUT2D eigenvalue weighted by molar-refractivity contribution is 6.63. The first kappa shape index (κ1) is 18.1. The molecule has 0 N–H and O–H groups in total. The second-order valence-electron chi connectivity index (χ2n) is 7.53. The van der Waals surface area contributed by atoms with E-state index in [9.17, 15) is 8.78 Å². The third kappa shape index (κ3) is 3.00. The van der Waals surface area contributed by atoms with Crippen molar-refractivity contribution in [3.63, 3.8) is 0 Å². The first-order chi connectivity index (χ1) is 11.5. The Morgan fingerprint density at radius 2 is 1.56 bits per heavy atom. The maximum Gasteiger partial charge on any atom is 0.498 e. The molecule has 1 fully saturated rings. The minimum atomic E-state index is -0.579. The van der Waals surface area contributed by atoms with Crippen molar-refractivity contribution in [2.45, 2.75) is 59.3 Å². The molecule has 0 amide bonds. The number of aryl methyl sites for hydroxylation is 1. The summed E-state index contributed by atoms with van der Waals surface area (Å²) in [7, 11) is -0.552. The molecule has 2 aromatic rings. The topological polar surface area (TPSA) is 36.3 Å². The molecule has 0 radical (unpaired) electrons. The van der Waals surface area contributed by atoms with Crippen LogP contribution >= 0.6 is 0 Å². The van der Waals surface area contributed by atoms with E-state index in [1.54, 1.807) is 4.68 Å². The fourth-order valence-electron chi connectivity index (χ4n) is 3.00. The zero-order chi connectivity index (χ0) is 18.6. The summed E-state index contributed by atoms with van der Waals surface area (Å²) in [5.74, 6) is -1.16. The molecule has 2 heterocycles. The molecule has 1 aromatic carbocycles. The molecule has 0 spiro atoms. The van der Waals surface area contributed by atoms with Crippen LogP contribution in [-0.2, 0) is 15.9 Å². The lowest BCUT2D eigenvalue weighted by molar-refractivity contribution is 0.00578. The first-order valence-corrected chi connectivity index (χ1v) is 8.36. The van der Waals surface area contributed by atoms with E-state index in [0.29, 0.717) is 0 Å². The van der Waals surface area contributed by atoms with E-state index < -0.39 is 30.0 Å². The highest BCUT2D eigenvalue weighted by Crippen LogP contribution is 2.37. The van der Waals surface area contributed by atoms with Crippen LogP contribution in [0.15, 0.2) is 18.2 Å². The summed E-state index contributed by atoms with van der Waals surface area (Å²) in [4.78, 5) is 0. The van der Waals surface area contributed by atoms with Crippen LogP contribution in [0.4, 0.5) is 8.78 Å². The number of rotatable bonds is 3. The summed E-state index contributed by atoms with van der Waals surface area (Å²) >= 11 is 0. The molecular weight excluding hydrogens is 325 g/mol. The fraction of sp³-hybridized carbons (Fsp3) is 0.500. The molecule has 1 saturated heterocycles. The molecule has 1 aliphatic heterocycles. The molecule has 0 bridgehead atoms. The van der Waals surface area contributed by atoms with Crippen molar-refractivity contribution in [1.82, 2.24) is 9.78 Å². The molecule has 134 valence electrons. The van der Waals surface area contributed by atoms with Gasteiger partial charge in [-0.2, -0.15) is 5.10 Å². The smallest absolute Gasteiger partial charge is 0.399 e. The van der Waals surface area contributed by atoms with Gasteiger partial charge in [-0.1, -0.05) is 6.07 Å². The molecule has 1 aromatic heterocycles. The molecule has 25 heavy (non-hydrogen) atoms.